The third kappa shape index (κ3) is 6.35. The first-order valence-corrected chi connectivity index (χ1v) is 10.6. The van der Waals surface area contributed by atoms with Crippen molar-refractivity contribution in [2.24, 2.45) is 0 Å². The SMILES string of the molecule is COC(=O)CN(Cc1ccc(Cl)cc1)C(=O)CCS(=O)(=O)c1ccc(C)cc1. The average molecular weight is 424 g/mol. The van der Waals surface area contributed by atoms with Gasteiger partial charge in [0.05, 0.1) is 17.8 Å². The van der Waals surface area contributed by atoms with Gasteiger partial charge in [0.25, 0.3) is 0 Å². The van der Waals surface area contributed by atoms with Gasteiger partial charge in [0.15, 0.2) is 9.84 Å². The van der Waals surface area contributed by atoms with E-state index in [1.54, 1.807) is 36.4 Å². The van der Waals surface area contributed by atoms with Crippen LogP contribution in [0.3, 0.4) is 0 Å². The van der Waals surface area contributed by atoms with Crippen molar-refractivity contribution in [3.8, 4) is 0 Å². The molecular weight excluding hydrogens is 402 g/mol. The Morgan fingerprint density at radius 2 is 1.64 bits per heavy atom. The molecule has 0 aliphatic rings. The minimum absolute atomic E-state index is 0.148. The van der Waals surface area contributed by atoms with E-state index in [9.17, 15) is 18.0 Å². The van der Waals surface area contributed by atoms with Gasteiger partial charge in [0.2, 0.25) is 5.91 Å². The summed E-state index contributed by atoms with van der Waals surface area (Å²) in [6.45, 7) is 1.75. The van der Waals surface area contributed by atoms with Crippen molar-refractivity contribution in [3.05, 3.63) is 64.7 Å². The van der Waals surface area contributed by atoms with E-state index in [1.807, 2.05) is 6.92 Å². The van der Waals surface area contributed by atoms with Crippen molar-refractivity contribution in [1.29, 1.82) is 0 Å². The van der Waals surface area contributed by atoms with Gasteiger partial charge in [-0.3, -0.25) is 9.59 Å². The molecule has 0 fully saturated rings. The van der Waals surface area contributed by atoms with Gasteiger partial charge in [0, 0.05) is 18.0 Å². The molecule has 0 unspecified atom stereocenters. The maximum Gasteiger partial charge on any atom is 0.325 e. The average Bonchev–Trinajstić information content (AvgIpc) is 2.67. The zero-order valence-corrected chi connectivity index (χ0v) is 17.3. The lowest BCUT2D eigenvalue weighted by Gasteiger charge is -2.21. The molecule has 0 radical (unpaired) electrons. The van der Waals surface area contributed by atoms with Crippen molar-refractivity contribution in [2.75, 3.05) is 19.4 Å². The van der Waals surface area contributed by atoms with E-state index in [0.29, 0.717) is 5.02 Å². The van der Waals surface area contributed by atoms with E-state index in [-0.39, 0.29) is 30.2 Å². The third-order valence-corrected chi connectivity index (χ3v) is 6.14. The lowest BCUT2D eigenvalue weighted by atomic mass is 10.2. The molecule has 8 heteroatoms. The molecule has 1 amide bonds. The largest absolute Gasteiger partial charge is 0.468 e. The Bertz CT molecular complexity index is 924. The van der Waals surface area contributed by atoms with Gasteiger partial charge in [-0.15, -0.1) is 0 Å². The van der Waals surface area contributed by atoms with E-state index >= 15 is 0 Å². The molecule has 0 bridgehead atoms. The van der Waals surface area contributed by atoms with E-state index in [1.165, 1.54) is 24.1 Å². The van der Waals surface area contributed by atoms with Gasteiger partial charge in [-0.1, -0.05) is 41.4 Å². The number of methoxy groups -OCH3 is 1. The maximum atomic E-state index is 12.6. The second-order valence-electron chi connectivity index (χ2n) is 6.33. The molecule has 0 aromatic heterocycles. The minimum Gasteiger partial charge on any atom is -0.468 e. The van der Waals surface area contributed by atoms with Crippen molar-refractivity contribution in [2.45, 2.75) is 24.8 Å². The van der Waals surface area contributed by atoms with Crippen LogP contribution in [-0.4, -0.2) is 44.6 Å². The van der Waals surface area contributed by atoms with Crippen LogP contribution < -0.4 is 0 Å². The number of aryl methyl sites for hydroxylation is 1. The first-order chi connectivity index (χ1) is 13.2. The highest BCUT2D eigenvalue weighted by atomic mass is 35.5. The molecule has 0 atom stereocenters. The van der Waals surface area contributed by atoms with Crippen LogP contribution in [0.2, 0.25) is 5.02 Å². The monoisotopic (exact) mass is 423 g/mol. The van der Waals surface area contributed by atoms with E-state index in [2.05, 4.69) is 4.74 Å². The third-order valence-electron chi connectivity index (χ3n) is 4.15. The smallest absolute Gasteiger partial charge is 0.325 e. The summed E-state index contributed by atoms with van der Waals surface area (Å²) in [7, 11) is -2.37. The van der Waals surface area contributed by atoms with Crippen molar-refractivity contribution in [1.82, 2.24) is 4.90 Å². The molecule has 6 nitrogen and oxygen atoms in total. The second kappa shape index (κ2) is 9.71. The first kappa shape index (κ1) is 21.9. The predicted octanol–water partition coefficient (Wildman–Crippen LogP) is 3.01. The first-order valence-electron chi connectivity index (χ1n) is 8.60. The van der Waals surface area contributed by atoms with Gasteiger partial charge >= 0.3 is 5.97 Å². The zero-order chi connectivity index (χ0) is 20.7. The summed E-state index contributed by atoms with van der Waals surface area (Å²) in [6, 6.07) is 13.3. The van der Waals surface area contributed by atoms with Gasteiger partial charge in [0.1, 0.15) is 6.54 Å². The van der Waals surface area contributed by atoms with Crippen molar-refractivity contribution in [3.63, 3.8) is 0 Å². The summed E-state index contributed by atoms with van der Waals surface area (Å²) >= 11 is 5.86. The van der Waals surface area contributed by atoms with Crippen LogP contribution >= 0.6 is 11.6 Å². The number of esters is 1. The standard InChI is InChI=1S/C20H22ClNO5S/c1-15-3-9-18(10-4-15)28(25,26)12-11-19(23)22(14-20(24)27-2)13-16-5-7-17(21)8-6-16/h3-10H,11-14H2,1-2H3. The van der Waals surface area contributed by atoms with Gasteiger partial charge in [-0.25, -0.2) is 8.42 Å². The molecule has 2 aromatic carbocycles. The van der Waals surface area contributed by atoms with Crippen LogP contribution in [0.4, 0.5) is 0 Å². The molecule has 0 spiro atoms. The van der Waals surface area contributed by atoms with Crippen LogP contribution in [0.15, 0.2) is 53.4 Å². The Morgan fingerprint density at radius 3 is 2.21 bits per heavy atom. The predicted molar refractivity (Wildman–Crippen MR) is 107 cm³/mol. The van der Waals surface area contributed by atoms with E-state index in [0.717, 1.165) is 11.1 Å². The Kier molecular flexibility index (Phi) is 7.60. The van der Waals surface area contributed by atoms with Crippen LogP contribution in [0, 0.1) is 6.92 Å². The molecule has 28 heavy (non-hydrogen) atoms. The normalized spacial score (nSPS) is 11.1. The summed E-state index contributed by atoms with van der Waals surface area (Å²) in [6.07, 6.45) is -0.235. The molecule has 0 aliphatic carbocycles. The number of sulfone groups is 1. The number of hydrogen-bond acceptors (Lipinski definition) is 5. The Labute approximate surface area is 170 Å². The summed E-state index contributed by atoms with van der Waals surface area (Å²) in [5.41, 5.74) is 1.71. The van der Waals surface area contributed by atoms with Crippen molar-refractivity contribution >= 4 is 33.3 Å². The lowest BCUT2D eigenvalue weighted by molar-refractivity contribution is -0.147. The molecule has 0 saturated heterocycles. The minimum atomic E-state index is -3.60. The molecule has 0 heterocycles. The molecule has 150 valence electrons. The lowest BCUT2D eigenvalue weighted by Crippen LogP contribution is -2.36. The van der Waals surface area contributed by atoms with Crippen molar-refractivity contribution < 1.29 is 22.7 Å². The number of halogens is 1. The number of carbonyl (C=O) groups is 2. The van der Waals surface area contributed by atoms with Crippen LogP contribution in [0.1, 0.15) is 17.5 Å². The fourth-order valence-electron chi connectivity index (χ4n) is 2.51. The van der Waals surface area contributed by atoms with Crippen LogP contribution in [-0.2, 0) is 30.7 Å². The van der Waals surface area contributed by atoms with Crippen LogP contribution in [0.5, 0.6) is 0 Å². The molecule has 0 N–H and O–H groups in total. The summed E-state index contributed by atoms with van der Waals surface area (Å²) in [5.74, 6) is -1.37. The second-order valence-corrected chi connectivity index (χ2v) is 8.88. The molecular formula is C20H22ClNO5S. The molecule has 2 rings (SSSR count). The molecule has 0 saturated carbocycles. The fourth-order valence-corrected chi connectivity index (χ4v) is 3.86. The Morgan fingerprint density at radius 1 is 1.04 bits per heavy atom. The van der Waals surface area contributed by atoms with E-state index in [4.69, 9.17) is 11.6 Å². The highest BCUT2D eigenvalue weighted by Gasteiger charge is 2.22. The number of rotatable bonds is 8. The molecule has 2 aromatic rings. The Hall–Kier alpha value is -2.38. The summed E-state index contributed by atoms with van der Waals surface area (Å²) < 4.78 is 29.6. The summed E-state index contributed by atoms with van der Waals surface area (Å²) in [5, 5.41) is 0.554. The maximum absolute atomic E-state index is 12.6. The quantitative estimate of drug-likeness (QED) is 0.609. The van der Waals surface area contributed by atoms with Gasteiger partial charge in [-0.2, -0.15) is 0 Å². The van der Waals surface area contributed by atoms with Gasteiger partial charge < -0.3 is 9.64 Å². The Balaban J connectivity index is 2.09. The number of ether oxygens (including phenoxy) is 1. The number of hydrogen-bond donors (Lipinski definition) is 0. The highest BCUT2D eigenvalue weighted by molar-refractivity contribution is 7.91. The number of carbonyl (C=O) groups excluding carboxylic acids is 2. The zero-order valence-electron chi connectivity index (χ0n) is 15.7. The van der Waals surface area contributed by atoms with Gasteiger partial charge in [-0.05, 0) is 36.8 Å². The molecule has 0 aliphatic heterocycles. The van der Waals surface area contributed by atoms with E-state index < -0.39 is 21.7 Å². The number of benzene rings is 2. The fraction of sp³-hybridized carbons (Fsp3) is 0.300. The number of amides is 1. The summed E-state index contributed by atoms with van der Waals surface area (Å²) in [4.78, 5) is 25.7. The van der Waals surface area contributed by atoms with Crippen LogP contribution in [0.25, 0.3) is 0 Å². The topological polar surface area (TPSA) is 80.8 Å². The highest BCUT2D eigenvalue weighted by Crippen LogP contribution is 2.15. The number of nitrogens with zero attached hydrogens (tertiary/aromatic N) is 1.